The van der Waals surface area contributed by atoms with E-state index in [1.54, 1.807) is 0 Å². The molecular formula is C14H25N3O. The van der Waals surface area contributed by atoms with E-state index in [0.29, 0.717) is 0 Å². The molecule has 1 heterocycles. The Morgan fingerprint density at radius 3 is 2.56 bits per heavy atom. The summed E-state index contributed by atoms with van der Waals surface area (Å²) in [7, 11) is 3.82. The van der Waals surface area contributed by atoms with E-state index in [9.17, 15) is 0 Å². The molecule has 4 nitrogen and oxygen atoms in total. The molecule has 2 rings (SSSR count). The smallest absolute Gasteiger partial charge is 0.110 e. The number of methoxy groups -OCH3 is 1. The van der Waals surface area contributed by atoms with Crippen LogP contribution in [0.1, 0.15) is 44.3 Å². The van der Waals surface area contributed by atoms with Crippen LogP contribution >= 0.6 is 0 Å². The predicted molar refractivity (Wildman–Crippen MR) is 72.3 cm³/mol. The third-order valence-electron chi connectivity index (χ3n) is 4.36. The van der Waals surface area contributed by atoms with Crippen molar-refractivity contribution in [1.82, 2.24) is 9.55 Å². The van der Waals surface area contributed by atoms with Gasteiger partial charge in [0.15, 0.2) is 0 Å². The van der Waals surface area contributed by atoms with E-state index in [-0.39, 0.29) is 11.6 Å². The van der Waals surface area contributed by atoms with Crippen LogP contribution in [-0.2, 0) is 18.2 Å². The molecule has 0 spiro atoms. The highest BCUT2D eigenvalue weighted by Gasteiger charge is 2.37. The number of imidazole rings is 1. The molecule has 0 saturated heterocycles. The summed E-state index contributed by atoms with van der Waals surface area (Å²) in [6, 6.07) is 0.0294. The lowest BCUT2D eigenvalue weighted by Gasteiger charge is -2.37. The summed E-state index contributed by atoms with van der Waals surface area (Å²) >= 11 is 0. The third-order valence-corrected chi connectivity index (χ3v) is 4.36. The van der Waals surface area contributed by atoms with E-state index >= 15 is 0 Å². The molecule has 1 unspecified atom stereocenters. The summed E-state index contributed by atoms with van der Waals surface area (Å²) in [6.07, 6.45) is 11.8. The second-order valence-corrected chi connectivity index (χ2v) is 5.45. The molecule has 1 aromatic rings. The van der Waals surface area contributed by atoms with Crippen molar-refractivity contribution < 1.29 is 4.74 Å². The van der Waals surface area contributed by atoms with E-state index in [2.05, 4.69) is 4.98 Å². The number of nitrogens with two attached hydrogens (primary N) is 1. The number of nitrogens with zero attached hydrogens (tertiary/aromatic N) is 2. The highest BCUT2D eigenvalue weighted by atomic mass is 16.5. The van der Waals surface area contributed by atoms with Gasteiger partial charge in [0.05, 0.1) is 5.60 Å². The van der Waals surface area contributed by atoms with E-state index in [4.69, 9.17) is 10.5 Å². The van der Waals surface area contributed by atoms with Gasteiger partial charge in [0.25, 0.3) is 0 Å². The van der Waals surface area contributed by atoms with Crippen molar-refractivity contribution in [2.24, 2.45) is 12.8 Å². The molecule has 1 aliphatic rings. The molecule has 1 aliphatic carbocycles. The fourth-order valence-electron chi connectivity index (χ4n) is 3.03. The summed E-state index contributed by atoms with van der Waals surface area (Å²) in [5, 5.41) is 0. The minimum atomic E-state index is -0.150. The number of aryl methyl sites for hydroxylation is 1. The fourth-order valence-corrected chi connectivity index (χ4v) is 3.03. The molecule has 1 fully saturated rings. The number of aromatic nitrogens is 2. The van der Waals surface area contributed by atoms with Crippen LogP contribution in [0.4, 0.5) is 0 Å². The fraction of sp³-hybridized carbons (Fsp3) is 0.786. The van der Waals surface area contributed by atoms with Crippen molar-refractivity contribution >= 4 is 0 Å². The first-order valence-corrected chi connectivity index (χ1v) is 6.95. The Kier molecular flexibility index (Phi) is 4.40. The summed E-state index contributed by atoms with van der Waals surface area (Å²) in [6.45, 7) is 0. The van der Waals surface area contributed by atoms with Crippen LogP contribution in [0, 0.1) is 0 Å². The van der Waals surface area contributed by atoms with E-state index in [1.807, 2.05) is 31.1 Å². The predicted octanol–water partition coefficient (Wildman–Crippen LogP) is 2.03. The number of ether oxygens (including phenoxy) is 1. The molecular weight excluding hydrogens is 226 g/mol. The van der Waals surface area contributed by atoms with Gasteiger partial charge in [0, 0.05) is 39.0 Å². The molecule has 0 aromatic carbocycles. The van der Waals surface area contributed by atoms with Crippen LogP contribution in [0.5, 0.6) is 0 Å². The maximum atomic E-state index is 6.45. The van der Waals surface area contributed by atoms with Crippen molar-refractivity contribution in [2.45, 2.75) is 56.6 Å². The molecule has 0 bridgehead atoms. The average Bonchev–Trinajstić information content (AvgIpc) is 2.66. The Labute approximate surface area is 110 Å². The second-order valence-electron chi connectivity index (χ2n) is 5.45. The zero-order valence-corrected chi connectivity index (χ0v) is 11.6. The van der Waals surface area contributed by atoms with Gasteiger partial charge in [-0.3, -0.25) is 0 Å². The Morgan fingerprint density at radius 1 is 1.39 bits per heavy atom. The van der Waals surface area contributed by atoms with Crippen LogP contribution in [0.15, 0.2) is 12.4 Å². The molecule has 0 aliphatic heterocycles. The Hall–Kier alpha value is -0.870. The average molecular weight is 251 g/mol. The van der Waals surface area contributed by atoms with Gasteiger partial charge in [-0.25, -0.2) is 4.98 Å². The Morgan fingerprint density at radius 2 is 2.06 bits per heavy atom. The monoisotopic (exact) mass is 251 g/mol. The Balaban J connectivity index is 2.08. The highest BCUT2D eigenvalue weighted by molar-refractivity contribution is 5.01. The van der Waals surface area contributed by atoms with Crippen molar-refractivity contribution in [3.63, 3.8) is 0 Å². The molecule has 102 valence electrons. The van der Waals surface area contributed by atoms with E-state index < -0.39 is 0 Å². The first kappa shape index (κ1) is 13.6. The normalized spacial score (nSPS) is 21.5. The first-order valence-electron chi connectivity index (χ1n) is 6.95. The minimum Gasteiger partial charge on any atom is -0.377 e. The van der Waals surface area contributed by atoms with E-state index in [1.165, 1.54) is 25.7 Å². The molecule has 18 heavy (non-hydrogen) atoms. The van der Waals surface area contributed by atoms with Crippen LogP contribution in [0.2, 0.25) is 0 Å². The van der Waals surface area contributed by atoms with Gasteiger partial charge >= 0.3 is 0 Å². The van der Waals surface area contributed by atoms with Gasteiger partial charge < -0.3 is 15.0 Å². The van der Waals surface area contributed by atoms with Gasteiger partial charge in [0.2, 0.25) is 0 Å². The molecule has 0 radical (unpaired) electrons. The number of hydrogen-bond donors (Lipinski definition) is 1. The molecule has 0 amide bonds. The molecule has 4 heteroatoms. The van der Waals surface area contributed by atoms with Gasteiger partial charge in [-0.05, 0) is 12.8 Å². The summed E-state index contributed by atoms with van der Waals surface area (Å²) < 4.78 is 7.89. The summed E-state index contributed by atoms with van der Waals surface area (Å²) in [4.78, 5) is 4.37. The van der Waals surface area contributed by atoms with Crippen molar-refractivity contribution in [3.05, 3.63) is 18.2 Å². The zero-order chi connectivity index (χ0) is 13.0. The zero-order valence-electron chi connectivity index (χ0n) is 11.6. The quantitative estimate of drug-likeness (QED) is 0.833. The molecule has 1 atom stereocenters. The van der Waals surface area contributed by atoms with Gasteiger partial charge in [-0.15, -0.1) is 0 Å². The molecule has 1 saturated carbocycles. The first-order chi connectivity index (χ1) is 8.68. The van der Waals surface area contributed by atoms with Crippen molar-refractivity contribution in [1.29, 1.82) is 0 Å². The summed E-state index contributed by atoms with van der Waals surface area (Å²) in [5.74, 6) is 1.04. The van der Waals surface area contributed by atoms with Crippen molar-refractivity contribution in [3.8, 4) is 0 Å². The SMILES string of the molecule is COC1(C(N)Cc2nccn2C)CCCCCC1. The van der Waals surface area contributed by atoms with Gasteiger partial charge in [0.1, 0.15) is 5.82 Å². The Bertz CT molecular complexity index is 367. The standard InChI is InChI=1S/C14H25N3O/c1-17-10-9-16-13(17)11-12(15)14(18-2)7-5-3-4-6-8-14/h9-10,12H,3-8,11,15H2,1-2H3. The maximum Gasteiger partial charge on any atom is 0.110 e. The number of hydrogen-bond acceptors (Lipinski definition) is 3. The third kappa shape index (κ3) is 2.75. The van der Waals surface area contributed by atoms with Gasteiger partial charge in [-0.1, -0.05) is 25.7 Å². The molecule has 1 aromatic heterocycles. The largest absolute Gasteiger partial charge is 0.377 e. The van der Waals surface area contributed by atoms with E-state index in [0.717, 1.165) is 25.1 Å². The van der Waals surface area contributed by atoms with Crippen LogP contribution < -0.4 is 5.73 Å². The lowest BCUT2D eigenvalue weighted by atomic mass is 9.84. The van der Waals surface area contributed by atoms with Crippen LogP contribution in [0.3, 0.4) is 0 Å². The van der Waals surface area contributed by atoms with Crippen LogP contribution in [-0.4, -0.2) is 28.3 Å². The maximum absolute atomic E-state index is 6.45. The molecule has 2 N–H and O–H groups in total. The second kappa shape index (κ2) is 5.85. The minimum absolute atomic E-state index is 0.0294. The van der Waals surface area contributed by atoms with Crippen LogP contribution in [0.25, 0.3) is 0 Å². The topological polar surface area (TPSA) is 53.1 Å². The van der Waals surface area contributed by atoms with Gasteiger partial charge in [-0.2, -0.15) is 0 Å². The summed E-state index contributed by atoms with van der Waals surface area (Å²) in [5.41, 5.74) is 6.29. The lowest BCUT2D eigenvalue weighted by molar-refractivity contribution is -0.0435. The number of rotatable bonds is 4. The van der Waals surface area contributed by atoms with Crippen molar-refractivity contribution in [2.75, 3.05) is 7.11 Å². The highest BCUT2D eigenvalue weighted by Crippen LogP contribution is 2.33. The lowest BCUT2D eigenvalue weighted by Crippen LogP contribution is -2.50.